The van der Waals surface area contributed by atoms with Gasteiger partial charge in [0.05, 0.1) is 6.26 Å². The molecule has 0 aliphatic carbocycles. The minimum Gasteiger partial charge on any atom is -0.459 e. The van der Waals surface area contributed by atoms with E-state index in [0.29, 0.717) is 58.6 Å². The number of nitrogens with zero attached hydrogens (tertiary/aromatic N) is 1. The van der Waals surface area contributed by atoms with Gasteiger partial charge in [0, 0.05) is 46.0 Å². The molecule has 0 spiro atoms. The molecule has 2 aromatic carbocycles. The molecule has 1 fully saturated rings. The molecule has 1 saturated heterocycles. The summed E-state index contributed by atoms with van der Waals surface area (Å²) in [5.74, 6) is -0.372. The van der Waals surface area contributed by atoms with Crippen LogP contribution in [0.3, 0.4) is 0 Å². The lowest BCUT2D eigenvalue weighted by Crippen LogP contribution is -2.46. The fourth-order valence-electron chi connectivity index (χ4n) is 3.64. The van der Waals surface area contributed by atoms with Crippen molar-refractivity contribution in [3.8, 4) is 0 Å². The van der Waals surface area contributed by atoms with E-state index in [1.54, 1.807) is 47.4 Å². The zero-order chi connectivity index (χ0) is 23.4. The highest BCUT2D eigenvalue weighted by molar-refractivity contribution is 6.35. The first-order valence-corrected chi connectivity index (χ1v) is 11.2. The Labute approximate surface area is 200 Å². The van der Waals surface area contributed by atoms with Gasteiger partial charge in [0.2, 0.25) is 0 Å². The highest BCUT2D eigenvalue weighted by Crippen LogP contribution is 2.21. The number of nitrogens with one attached hydrogen (secondary N) is 2. The highest BCUT2D eigenvalue weighted by Gasteiger charge is 2.26. The zero-order valence-electron chi connectivity index (χ0n) is 17.5. The van der Waals surface area contributed by atoms with E-state index in [-0.39, 0.29) is 23.8 Å². The second-order valence-corrected chi connectivity index (χ2v) is 8.58. The number of amides is 3. The average Bonchev–Trinajstić information content (AvgIpc) is 3.34. The number of benzene rings is 2. The number of anilines is 1. The Kier molecular flexibility index (Phi) is 7.01. The van der Waals surface area contributed by atoms with Crippen LogP contribution in [0.25, 0.3) is 0 Å². The van der Waals surface area contributed by atoms with Crippen LogP contribution in [0.15, 0.2) is 65.3 Å². The SMILES string of the molecule is O=C(Nc1ccc(C(=O)NC2CCN(C(=O)c3ccco3)CC2)cc1)c1cc(Cl)cc(Cl)c1. The van der Waals surface area contributed by atoms with Gasteiger partial charge in [-0.15, -0.1) is 0 Å². The zero-order valence-corrected chi connectivity index (χ0v) is 19.0. The molecular formula is C24H21Cl2N3O4. The van der Waals surface area contributed by atoms with Crippen LogP contribution in [-0.2, 0) is 0 Å². The van der Waals surface area contributed by atoms with Gasteiger partial charge in [-0.1, -0.05) is 23.2 Å². The van der Waals surface area contributed by atoms with Crippen LogP contribution in [-0.4, -0.2) is 41.8 Å². The first-order chi connectivity index (χ1) is 15.9. The fraction of sp³-hybridized carbons (Fsp3) is 0.208. The summed E-state index contributed by atoms with van der Waals surface area (Å²) in [5, 5.41) is 6.51. The summed E-state index contributed by atoms with van der Waals surface area (Å²) >= 11 is 11.9. The molecule has 4 rings (SSSR count). The molecule has 33 heavy (non-hydrogen) atoms. The summed E-state index contributed by atoms with van der Waals surface area (Å²) in [6, 6.07) is 14.5. The van der Waals surface area contributed by atoms with Crippen LogP contribution < -0.4 is 10.6 Å². The lowest BCUT2D eigenvalue weighted by molar-refractivity contribution is 0.0667. The first-order valence-electron chi connectivity index (χ1n) is 10.4. The Morgan fingerprint density at radius 1 is 0.879 bits per heavy atom. The first kappa shape index (κ1) is 22.9. The van der Waals surface area contributed by atoms with E-state index in [4.69, 9.17) is 27.6 Å². The predicted molar refractivity (Wildman–Crippen MR) is 126 cm³/mol. The second kappa shape index (κ2) is 10.1. The average molecular weight is 486 g/mol. The number of rotatable bonds is 5. The largest absolute Gasteiger partial charge is 0.459 e. The molecule has 2 N–H and O–H groups in total. The number of likely N-dealkylation sites (tertiary alicyclic amines) is 1. The molecule has 0 bridgehead atoms. The standard InChI is InChI=1S/C24H21Cl2N3O4/c25-17-12-16(13-18(26)14-17)23(31)27-19-5-3-15(4-6-19)22(30)28-20-7-9-29(10-8-20)24(32)21-2-1-11-33-21/h1-6,11-14,20H,7-10H2,(H,27,31)(H,28,30). The summed E-state index contributed by atoms with van der Waals surface area (Å²) < 4.78 is 5.17. The molecule has 9 heteroatoms. The summed E-state index contributed by atoms with van der Waals surface area (Å²) in [5.41, 5.74) is 1.36. The molecule has 1 aromatic heterocycles. The minimum atomic E-state index is -0.354. The third-order valence-corrected chi connectivity index (χ3v) is 5.82. The van der Waals surface area contributed by atoms with Crippen molar-refractivity contribution in [2.75, 3.05) is 18.4 Å². The van der Waals surface area contributed by atoms with Crippen molar-refractivity contribution in [1.29, 1.82) is 0 Å². The maximum atomic E-state index is 12.6. The Bertz CT molecular complexity index is 1130. The molecule has 3 aromatic rings. The van der Waals surface area contributed by atoms with Crippen LogP contribution >= 0.6 is 23.2 Å². The molecule has 0 radical (unpaired) electrons. The van der Waals surface area contributed by atoms with Crippen molar-refractivity contribution in [1.82, 2.24) is 10.2 Å². The quantitative estimate of drug-likeness (QED) is 0.538. The van der Waals surface area contributed by atoms with Gasteiger partial charge < -0.3 is 20.0 Å². The third kappa shape index (κ3) is 5.74. The molecule has 170 valence electrons. The van der Waals surface area contributed by atoms with Crippen LogP contribution in [0, 0.1) is 0 Å². The number of hydrogen-bond donors (Lipinski definition) is 2. The lowest BCUT2D eigenvalue weighted by atomic mass is 10.0. The summed E-state index contributed by atoms with van der Waals surface area (Å²) in [7, 11) is 0. The van der Waals surface area contributed by atoms with Gasteiger partial charge >= 0.3 is 0 Å². The molecule has 7 nitrogen and oxygen atoms in total. The second-order valence-electron chi connectivity index (χ2n) is 7.71. The predicted octanol–water partition coefficient (Wildman–Crippen LogP) is 4.87. The Balaban J connectivity index is 1.29. The number of halogens is 2. The number of hydrogen-bond acceptors (Lipinski definition) is 4. The van der Waals surface area contributed by atoms with Gasteiger partial charge in [0.15, 0.2) is 5.76 Å². The topological polar surface area (TPSA) is 91.7 Å². The van der Waals surface area contributed by atoms with Crippen LogP contribution in [0.4, 0.5) is 5.69 Å². The molecule has 1 aliphatic heterocycles. The fourth-order valence-corrected chi connectivity index (χ4v) is 4.17. The van der Waals surface area contributed by atoms with E-state index in [0.717, 1.165) is 0 Å². The molecule has 0 saturated carbocycles. The monoisotopic (exact) mass is 485 g/mol. The van der Waals surface area contributed by atoms with Crippen molar-refractivity contribution in [2.45, 2.75) is 18.9 Å². The van der Waals surface area contributed by atoms with Gasteiger partial charge in [-0.2, -0.15) is 0 Å². The lowest BCUT2D eigenvalue weighted by Gasteiger charge is -2.31. The summed E-state index contributed by atoms with van der Waals surface area (Å²) in [6.45, 7) is 1.09. The summed E-state index contributed by atoms with van der Waals surface area (Å²) in [6.07, 6.45) is 2.80. The van der Waals surface area contributed by atoms with Crippen molar-refractivity contribution >= 4 is 46.6 Å². The number of carbonyl (C=O) groups is 3. The van der Waals surface area contributed by atoms with E-state index >= 15 is 0 Å². The van der Waals surface area contributed by atoms with E-state index < -0.39 is 0 Å². The van der Waals surface area contributed by atoms with Gasteiger partial charge in [-0.3, -0.25) is 14.4 Å². The summed E-state index contributed by atoms with van der Waals surface area (Å²) in [4.78, 5) is 39.1. The Morgan fingerprint density at radius 2 is 1.55 bits per heavy atom. The maximum absolute atomic E-state index is 12.6. The van der Waals surface area contributed by atoms with Crippen LogP contribution in [0.1, 0.15) is 44.1 Å². The maximum Gasteiger partial charge on any atom is 0.289 e. The smallest absolute Gasteiger partial charge is 0.289 e. The Morgan fingerprint density at radius 3 is 2.15 bits per heavy atom. The van der Waals surface area contributed by atoms with Gasteiger partial charge in [-0.25, -0.2) is 0 Å². The molecule has 2 heterocycles. The number of furan rings is 1. The van der Waals surface area contributed by atoms with Crippen molar-refractivity contribution < 1.29 is 18.8 Å². The van der Waals surface area contributed by atoms with Gasteiger partial charge in [0.1, 0.15) is 0 Å². The number of carbonyl (C=O) groups excluding carboxylic acids is 3. The normalized spacial score (nSPS) is 14.1. The highest BCUT2D eigenvalue weighted by atomic mass is 35.5. The molecule has 0 unspecified atom stereocenters. The Hall–Kier alpha value is -3.29. The third-order valence-electron chi connectivity index (χ3n) is 5.38. The van der Waals surface area contributed by atoms with E-state index in [1.807, 2.05) is 0 Å². The van der Waals surface area contributed by atoms with Crippen LogP contribution in [0.2, 0.25) is 10.0 Å². The van der Waals surface area contributed by atoms with Gasteiger partial charge in [0.25, 0.3) is 17.7 Å². The van der Waals surface area contributed by atoms with Crippen molar-refractivity contribution in [3.05, 3.63) is 87.8 Å². The van der Waals surface area contributed by atoms with E-state index in [1.165, 1.54) is 18.4 Å². The van der Waals surface area contributed by atoms with Crippen molar-refractivity contribution in [2.24, 2.45) is 0 Å². The molecule has 1 aliphatic rings. The molecule has 3 amide bonds. The van der Waals surface area contributed by atoms with E-state index in [9.17, 15) is 14.4 Å². The van der Waals surface area contributed by atoms with Crippen molar-refractivity contribution in [3.63, 3.8) is 0 Å². The van der Waals surface area contributed by atoms with Gasteiger partial charge in [-0.05, 0) is 67.4 Å². The number of piperidine rings is 1. The minimum absolute atomic E-state index is 0.0230. The van der Waals surface area contributed by atoms with Crippen LogP contribution in [0.5, 0.6) is 0 Å². The molecular weight excluding hydrogens is 465 g/mol. The van der Waals surface area contributed by atoms with E-state index in [2.05, 4.69) is 10.6 Å². The molecule has 0 atom stereocenters.